The first-order valence-corrected chi connectivity index (χ1v) is 6.07. The van der Waals surface area contributed by atoms with Crippen LogP contribution in [0.5, 0.6) is 0 Å². The van der Waals surface area contributed by atoms with Gasteiger partial charge < -0.3 is 14.4 Å². The standard InChI is InChI=1S/C14H19NO4/c1-4-15(9-13(16)19-3)14(17)12-8-6-5-7-11(12)10-18-2/h5-8H,4,9-10H2,1-3H3. The third-order valence-electron chi connectivity index (χ3n) is 2.76. The van der Waals surface area contributed by atoms with E-state index in [1.165, 1.54) is 12.0 Å². The maximum absolute atomic E-state index is 12.4. The topological polar surface area (TPSA) is 55.8 Å². The van der Waals surface area contributed by atoms with E-state index in [1.54, 1.807) is 19.2 Å². The minimum Gasteiger partial charge on any atom is -0.468 e. The molecule has 0 aliphatic heterocycles. The van der Waals surface area contributed by atoms with E-state index in [4.69, 9.17) is 4.74 Å². The van der Waals surface area contributed by atoms with Crippen LogP contribution in [0, 0.1) is 0 Å². The van der Waals surface area contributed by atoms with Gasteiger partial charge in [0, 0.05) is 19.2 Å². The highest BCUT2D eigenvalue weighted by molar-refractivity contribution is 5.97. The SMILES string of the molecule is CCN(CC(=O)OC)C(=O)c1ccccc1COC. The molecule has 0 bridgehead atoms. The first-order valence-electron chi connectivity index (χ1n) is 6.07. The molecule has 0 saturated carbocycles. The van der Waals surface area contributed by atoms with Crippen LogP contribution in [0.1, 0.15) is 22.8 Å². The van der Waals surface area contributed by atoms with E-state index in [2.05, 4.69) is 4.74 Å². The van der Waals surface area contributed by atoms with E-state index in [-0.39, 0.29) is 12.5 Å². The number of ether oxygens (including phenoxy) is 2. The van der Waals surface area contributed by atoms with Crippen molar-refractivity contribution in [3.05, 3.63) is 35.4 Å². The smallest absolute Gasteiger partial charge is 0.325 e. The monoisotopic (exact) mass is 265 g/mol. The summed E-state index contributed by atoms with van der Waals surface area (Å²) >= 11 is 0. The van der Waals surface area contributed by atoms with Crippen molar-refractivity contribution in [2.24, 2.45) is 0 Å². The molecule has 0 aliphatic rings. The molecule has 0 unspecified atom stereocenters. The molecule has 1 rings (SSSR count). The van der Waals surface area contributed by atoms with Crippen LogP contribution < -0.4 is 0 Å². The fourth-order valence-corrected chi connectivity index (χ4v) is 1.73. The molecule has 1 amide bonds. The molecule has 0 aromatic heterocycles. The van der Waals surface area contributed by atoms with Crippen LogP contribution in [0.4, 0.5) is 0 Å². The molecular formula is C14H19NO4. The Morgan fingerprint density at radius 3 is 2.47 bits per heavy atom. The molecule has 0 saturated heterocycles. The molecule has 0 fully saturated rings. The average Bonchev–Trinajstić information content (AvgIpc) is 2.44. The van der Waals surface area contributed by atoms with E-state index in [9.17, 15) is 9.59 Å². The highest BCUT2D eigenvalue weighted by Crippen LogP contribution is 2.13. The lowest BCUT2D eigenvalue weighted by atomic mass is 10.1. The van der Waals surface area contributed by atoms with Crippen LogP contribution in [0.2, 0.25) is 0 Å². The predicted octanol–water partition coefficient (Wildman–Crippen LogP) is 1.47. The summed E-state index contributed by atoms with van der Waals surface area (Å²) in [6.07, 6.45) is 0. The number of carbonyl (C=O) groups is 2. The van der Waals surface area contributed by atoms with Gasteiger partial charge in [-0.05, 0) is 18.6 Å². The predicted molar refractivity (Wildman–Crippen MR) is 70.7 cm³/mol. The first-order chi connectivity index (χ1) is 9.13. The molecule has 0 radical (unpaired) electrons. The Kier molecular flexibility index (Phi) is 6.02. The minimum absolute atomic E-state index is 0.0485. The number of carbonyl (C=O) groups excluding carboxylic acids is 2. The molecule has 104 valence electrons. The lowest BCUT2D eigenvalue weighted by molar-refractivity contribution is -0.141. The second kappa shape index (κ2) is 7.53. The highest BCUT2D eigenvalue weighted by atomic mass is 16.5. The summed E-state index contributed by atoms with van der Waals surface area (Å²) in [5.74, 6) is -0.625. The Bertz CT molecular complexity index is 445. The molecule has 5 heteroatoms. The van der Waals surface area contributed by atoms with Gasteiger partial charge in [-0.1, -0.05) is 18.2 Å². The van der Waals surface area contributed by atoms with Crippen molar-refractivity contribution < 1.29 is 19.1 Å². The number of rotatable bonds is 6. The number of hydrogen-bond acceptors (Lipinski definition) is 4. The van der Waals surface area contributed by atoms with Crippen molar-refractivity contribution in [2.75, 3.05) is 27.3 Å². The van der Waals surface area contributed by atoms with Crippen molar-refractivity contribution in [3.63, 3.8) is 0 Å². The molecule has 1 aromatic carbocycles. The lowest BCUT2D eigenvalue weighted by Crippen LogP contribution is -2.36. The number of likely N-dealkylation sites (N-methyl/N-ethyl adjacent to an activating group) is 1. The second-order valence-corrected chi connectivity index (χ2v) is 3.99. The van der Waals surface area contributed by atoms with E-state index < -0.39 is 5.97 Å². The van der Waals surface area contributed by atoms with Gasteiger partial charge in [-0.15, -0.1) is 0 Å². The molecule has 0 N–H and O–H groups in total. The highest BCUT2D eigenvalue weighted by Gasteiger charge is 2.19. The Labute approximate surface area is 113 Å². The normalized spacial score (nSPS) is 10.1. The minimum atomic E-state index is -0.431. The molecule has 1 aromatic rings. The fraction of sp³-hybridized carbons (Fsp3) is 0.429. The summed E-state index contributed by atoms with van der Waals surface area (Å²) in [4.78, 5) is 25.1. The summed E-state index contributed by atoms with van der Waals surface area (Å²) < 4.78 is 9.66. The van der Waals surface area contributed by atoms with Crippen molar-refractivity contribution in [1.82, 2.24) is 4.90 Å². The van der Waals surface area contributed by atoms with E-state index in [0.29, 0.717) is 18.7 Å². The van der Waals surface area contributed by atoms with Gasteiger partial charge in [0.15, 0.2) is 0 Å². The van der Waals surface area contributed by atoms with Crippen LogP contribution >= 0.6 is 0 Å². The second-order valence-electron chi connectivity index (χ2n) is 3.99. The number of amides is 1. The quantitative estimate of drug-likeness (QED) is 0.731. The first kappa shape index (κ1) is 15.2. The Hall–Kier alpha value is -1.88. The van der Waals surface area contributed by atoms with Gasteiger partial charge in [-0.25, -0.2) is 0 Å². The number of benzene rings is 1. The Morgan fingerprint density at radius 1 is 1.21 bits per heavy atom. The third kappa shape index (κ3) is 4.06. The van der Waals surface area contributed by atoms with Crippen LogP contribution in [0.25, 0.3) is 0 Å². The van der Waals surface area contributed by atoms with Crippen LogP contribution in [-0.4, -0.2) is 44.1 Å². The van der Waals surface area contributed by atoms with Crippen LogP contribution in [0.15, 0.2) is 24.3 Å². The van der Waals surface area contributed by atoms with Gasteiger partial charge in [0.1, 0.15) is 6.54 Å². The zero-order valence-electron chi connectivity index (χ0n) is 11.5. The summed E-state index contributed by atoms with van der Waals surface area (Å²) in [5, 5.41) is 0. The van der Waals surface area contributed by atoms with Crippen molar-refractivity contribution >= 4 is 11.9 Å². The molecular weight excluding hydrogens is 246 g/mol. The molecule has 0 spiro atoms. The van der Waals surface area contributed by atoms with Gasteiger partial charge in [0.05, 0.1) is 13.7 Å². The van der Waals surface area contributed by atoms with Crippen LogP contribution in [-0.2, 0) is 20.9 Å². The van der Waals surface area contributed by atoms with Gasteiger partial charge in [0.2, 0.25) is 0 Å². The zero-order valence-corrected chi connectivity index (χ0v) is 11.5. The van der Waals surface area contributed by atoms with Gasteiger partial charge in [-0.3, -0.25) is 9.59 Å². The number of methoxy groups -OCH3 is 2. The Morgan fingerprint density at radius 2 is 1.89 bits per heavy atom. The zero-order chi connectivity index (χ0) is 14.3. The van der Waals surface area contributed by atoms with E-state index in [0.717, 1.165) is 5.56 Å². The maximum atomic E-state index is 12.4. The summed E-state index contributed by atoms with van der Waals surface area (Å²) in [5.41, 5.74) is 1.36. The average molecular weight is 265 g/mol. The van der Waals surface area contributed by atoms with Crippen LogP contribution in [0.3, 0.4) is 0 Å². The number of nitrogens with zero attached hydrogens (tertiary/aromatic N) is 1. The molecule has 0 aliphatic carbocycles. The fourth-order valence-electron chi connectivity index (χ4n) is 1.73. The summed E-state index contributed by atoms with van der Waals surface area (Å²) in [6.45, 7) is 2.57. The lowest BCUT2D eigenvalue weighted by Gasteiger charge is -2.20. The molecule has 5 nitrogen and oxygen atoms in total. The van der Waals surface area contributed by atoms with Gasteiger partial charge in [0.25, 0.3) is 5.91 Å². The van der Waals surface area contributed by atoms with Crippen molar-refractivity contribution in [2.45, 2.75) is 13.5 Å². The van der Waals surface area contributed by atoms with Crippen molar-refractivity contribution in [1.29, 1.82) is 0 Å². The molecule has 0 heterocycles. The van der Waals surface area contributed by atoms with Crippen molar-refractivity contribution in [3.8, 4) is 0 Å². The van der Waals surface area contributed by atoms with Gasteiger partial charge >= 0.3 is 5.97 Å². The summed E-state index contributed by atoms with van der Waals surface area (Å²) in [7, 11) is 2.88. The molecule has 19 heavy (non-hydrogen) atoms. The van der Waals surface area contributed by atoms with Gasteiger partial charge in [-0.2, -0.15) is 0 Å². The maximum Gasteiger partial charge on any atom is 0.325 e. The Balaban J connectivity index is 2.93. The van der Waals surface area contributed by atoms with E-state index in [1.807, 2.05) is 19.1 Å². The largest absolute Gasteiger partial charge is 0.468 e. The molecule has 0 atom stereocenters. The third-order valence-corrected chi connectivity index (χ3v) is 2.76. The number of esters is 1. The van der Waals surface area contributed by atoms with E-state index >= 15 is 0 Å². The number of hydrogen-bond donors (Lipinski definition) is 0. The summed E-state index contributed by atoms with van der Waals surface area (Å²) in [6, 6.07) is 7.21.